The van der Waals surface area contributed by atoms with Crippen LogP contribution in [0.1, 0.15) is 10.4 Å². The molecule has 0 spiro atoms. The van der Waals surface area contributed by atoms with E-state index in [9.17, 15) is 17.6 Å². The number of nitrogens with zero attached hydrogens (tertiary/aromatic N) is 1. The Morgan fingerprint density at radius 1 is 1.33 bits per heavy atom. The zero-order chi connectivity index (χ0) is 16.9. The fourth-order valence-electron chi connectivity index (χ4n) is 2.31. The van der Waals surface area contributed by atoms with E-state index in [1.807, 2.05) is 0 Å². The number of hydrogen-bond acceptors (Lipinski definition) is 5. The number of amides is 1. The van der Waals surface area contributed by atoms with Gasteiger partial charge in [0.2, 0.25) is 10.0 Å². The van der Waals surface area contributed by atoms with Gasteiger partial charge in [0.15, 0.2) is 0 Å². The maximum Gasteiger partial charge on any atom is 0.251 e. The first-order valence-electron chi connectivity index (χ1n) is 7.34. The van der Waals surface area contributed by atoms with Crippen LogP contribution in [0.15, 0.2) is 18.2 Å². The van der Waals surface area contributed by atoms with Crippen molar-refractivity contribution in [2.45, 2.75) is 0 Å². The smallest absolute Gasteiger partial charge is 0.251 e. The molecule has 1 aromatic carbocycles. The third kappa shape index (κ3) is 6.60. The first-order chi connectivity index (χ1) is 10.8. The van der Waals surface area contributed by atoms with Crippen molar-refractivity contribution in [3.05, 3.63) is 29.6 Å². The van der Waals surface area contributed by atoms with Crippen molar-refractivity contribution in [1.29, 1.82) is 0 Å². The number of carbonyl (C=O) groups is 1. The summed E-state index contributed by atoms with van der Waals surface area (Å²) in [5, 5.41) is 6.00. The molecule has 1 aliphatic rings. The van der Waals surface area contributed by atoms with Gasteiger partial charge in [-0.15, -0.1) is 12.4 Å². The first kappa shape index (κ1) is 20.6. The Labute approximate surface area is 147 Å². The minimum Gasteiger partial charge on any atom is -0.351 e. The number of carbonyl (C=O) groups excluding carboxylic acids is 1. The molecule has 0 aliphatic carbocycles. The van der Waals surface area contributed by atoms with Gasteiger partial charge >= 0.3 is 0 Å². The summed E-state index contributed by atoms with van der Waals surface area (Å²) in [6.45, 7) is 4.97. The quantitative estimate of drug-likeness (QED) is 0.658. The Morgan fingerprint density at radius 3 is 2.62 bits per heavy atom. The molecular formula is C14H22ClFN4O3S. The molecule has 1 aliphatic heterocycles. The van der Waals surface area contributed by atoms with Gasteiger partial charge in [-0.05, 0) is 18.2 Å². The van der Waals surface area contributed by atoms with Gasteiger partial charge in [-0.3, -0.25) is 14.4 Å². The van der Waals surface area contributed by atoms with Crippen LogP contribution < -0.4 is 15.4 Å². The van der Waals surface area contributed by atoms with Crippen molar-refractivity contribution < 1.29 is 17.6 Å². The predicted molar refractivity (Wildman–Crippen MR) is 93.8 cm³/mol. The molecule has 0 atom stereocenters. The molecule has 1 saturated heterocycles. The second-order valence-electron chi connectivity index (χ2n) is 5.42. The topological polar surface area (TPSA) is 90.5 Å². The van der Waals surface area contributed by atoms with Crippen molar-refractivity contribution in [2.24, 2.45) is 0 Å². The van der Waals surface area contributed by atoms with Gasteiger partial charge in [0, 0.05) is 44.8 Å². The number of hydrogen-bond donors (Lipinski definition) is 3. The normalized spacial score (nSPS) is 15.4. The molecule has 1 amide bonds. The molecular weight excluding hydrogens is 359 g/mol. The van der Waals surface area contributed by atoms with Crippen molar-refractivity contribution in [2.75, 3.05) is 50.2 Å². The van der Waals surface area contributed by atoms with Crippen LogP contribution in [0.5, 0.6) is 0 Å². The number of piperazine rings is 1. The molecule has 7 nitrogen and oxygen atoms in total. The molecule has 1 fully saturated rings. The second kappa shape index (κ2) is 9.16. The predicted octanol–water partition coefficient (Wildman–Crippen LogP) is 0.254. The van der Waals surface area contributed by atoms with Crippen LogP contribution >= 0.6 is 12.4 Å². The summed E-state index contributed by atoms with van der Waals surface area (Å²) in [6, 6.07) is 3.58. The first-order valence-corrected chi connectivity index (χ1v) is 9.23. The Hall–Kier alpha value is -1.42. The maximum absolute atomic E-state index is 13.6. The number of benzene rings is 1. The maximum atomic E-state index is 13.6. The average molecular weight is 381 g/mol. The van der Waals surface area contributed by atoms with Gasteiger partial charge in [-0.25, -0.2) is 12.8 Å². The number of nitrogens with one attached hydrogen (secondary N) is 3. The fraction of sp³-hybridized carbons (Fsp3) is 0.500. The van der Waals surface area contributed by atoms with Crippen LogP contribution in [0.25, 0.3) is 0 Å². The van der Waals surface area contributed by atoms with Crippen LogP contribution in [-0.2, 0) is 10.0 Å². The summed E-state index contributed by atoms with van der Waals surface area (Å²) in [6.07, 6.45) is 0.923. The Morgan fingerprint density at radius 2 is 2.00 bits per heavy atom. The van der Waals surface area contributed by atoms with E-state index in [1.165, 1.54) is 12.1 Å². The van der Waals surface area contributed by atoms with E-state index < -0.39 is 15.8 Å². The zero-order valence-electron chi connectivity index (χ0n) is 13.3. The van der Waals surface area contributed by atoms with E-state index in [1.54, 1.807) is 0 Å². The second-order valence-corrected chi connectivity index (χ2v) is 7.16. The molecule has 136 valence electrons. The molecule has 3 N–H and O–H groups in total. The number of halogens is 2. The monoisotopic (exact) mass is 380 g/mol. The van der Waals surface area contributed by atoms with Crippen molar-refractivity contribution in [3.8, 4) is 0 Å². The lowest BCUT2D eigenvalue weighted by Crippen LogP contribution is -2.46. The highest BCUT2D eigenvalue weighted by Crippen LogP contribution is 2.17. The standard InChI is InChI=1S/C14H21FN4O3S.ClH/c1-23(21,22)18-13-10-11(2-3-12(13)15)14(20)17-6-9-19-7-4-16-5-8-19;/h2-3,10,16,18H,4-9H2,1H3,(H,17,20);1H. The van der Waals surface area contributed by atoms with Crippen molar-refractivity contribution in [1.82, 2.24) is 15.5 Å². The Balaban J connectivity index is 0.00000288. The van der Waals surface area contributed by atoms with E-state index in [2.05, 4.69) is 20.3 Å². The molecule has 0 saturated carbocycles. The van der Waals surface area contributed by atoms with Crippen LogP contribution in [0.3, 0.4) is 0 Å². The third-order valence-electron chi connectivity index (χ3n) is 3.45. The fourth-order valence-corrected chi connectivity index (χ4v) is 2.86. The van der Waals surface area contributed by atoms with Crippen LogP contribution in [0.2, 0.25) is 0 Å². The zero-order valence-corrected chi connectivity index (χ0v) is 15.0. The SMILES string of the molecule is CS(=O)(=O)Nc1cc(C(=O)NCCN2CCNCC2)ccc1F.Cl. The van der Waals surface area contributed by atoms with E-state index >= 15 is 0 Å². The van der Waals surface area contributed by atoms with Gasteiger partial charge in [0.05, 0.1) is 11.9 Å². The average Bonchev–Trinajstić information content (AvgIpc) is 2.49. The van der Waals surface area contributed by atoms with Crippen molar-refractivity contribution in [3.63, 3.8) is 0 Å². The van der Waals surface area contributed by atoms with Gasteiger partial charge in [-0.2, -0.15) is 0 Å². The molecule has 0 aromatic heterocycles. The van der Waals surface area contributed by atoms with E-state index in [-0.39, 0.29) is 29.6 Å². The molecule has 2 rings (SSSR count). The van der Waals surface area contributed by atoms with Crippen LogP contribution in [-0.4, -0.2) is 64.7 Å². The van der Waals surface area contributed by atoms with Gasteiger partial charge in [0.25, 0.3) is 5.91 Å². The largest absolute Gasteiger partial charge is 0.351 e. The summed E-state index contributed by atoms with van der Waals surface area (Å²) < 4.78 is 38.0. The summed E-state index contributed by atoms with van der Waals surface area (Å²) in [7, 11) is -3.61. The molecule has 0 unspecified atom stereocenters. The molecule has 0 radical (unpaired) electrons. The Kier molecular flexibility index (Phi) is 7.88. The lowest BCUT2D eigenvalue weighted by atomic mass is 10.2. The molecule has 1 aromatic rings. The minimum atomic E-state index is -3.61. The summed E-state index contributed by atoms with van der Waals surface area (Å²) in [5.74, 6) is -1.09. The number of sulfonamides is 1. The lowest BCUT2D eigenvalue weighted by Gasteiger charge is -2.27. The summed E-state index contributed by atoms with van der Waals surface area (Å²) >= 11 is 0. The van der Waals surface area contributed by atoms with Gasteiger partial charge in [-0.1, -0.05) is 0 Å². The van der Waals surface area contributed by atoms with Crippen molar-refractivity contribution >= 4 is 34.0 Å². The van der Waals surface area contributed by atoms with E-state index in [0.29, 0.717) is 6.54 Å². The van der Waals surface area contributed by atoms with Gasteiger partial charge in [0.1, 0.15) is 5.82 Å². The molecule has 10 heteroatoms. The highest BCUT2D eigenvalue weighted by Gasteiger charge is 2.13. The highest BCUT2D eigenvalue weighted by molar-refractivity contribution is 7.92. The third-order valence-corrected chi connectivity index (χ3v) is 4.04. The summed E-state index contributed by atoms with van der Waals surface area (Å²) in [4.78, 5) is 14.3. The van der Waals surface area contributed by atoms with E-state index in [0.717, 1.165) is 45.0 Å². The summed E-state index contributed by atoms with van der Waals surface area (Å²) in [5.41, 5.74) is -0.0277. The highest BCUT2D eigenvalue weighted by atomic mass is 35.5. The molecule has 1 heterocycles. The van der Waals surface area contributed by atoms with Crippen LogP contribution in [0, 0.1) is 5.82 Å². The number of rotatable bonds is 6. The molecule has 24 heavy (non-hydrogen) atoms. The minimum absolute atomic E-state index is 0. The lowest BCUT2D eigenvalue weighted by molar-refractivity contribution is 0.0947. The Bertz CT molecular complexity index is 666. The van der Waals surface area contributed by atoms with Crippen LogP contribution in [0.4, 0.5) is 10.1 Å². The molecule has 0 bridgehead atoms. The van der Waals surface area contributed by atoms with E-state index in [4.69, 9.17) is 0 Å². The van der Waals surface area contributed by atoms with Gasteiger partial charge < -0.3 is 10.6 Å². The number of anilines is 1.